The highest BCUT2D eigenvalue weighted by Crippen LogP contribution is 2.33. The molecule has 0 fully saturated rings. The van der Waals surface area contributed by atoms with Gasteiger partial charge in [0.2, 0.25) is 0 Å². The summed E-state index contributed by atoms with van der Waals surface area (Å²) in [5, 5.41) is 3.58. The van der Waals surface area contributed by atoms with E-state index in [1.807, 2.05) is 31.6 Å². The zero-order valence-corrected chi connectivity index (χ0v) is 12.0. The lowest BCUT2D eigenvalue weighted by atomic mass is 10.0. The molecule has 0 amide bonds. The number of aryl methyl sites for hydroxylation is 1. The fraction of sp³-hybridized carbons (Fsp3) is 0.438. The largest absolute Gasteiger partial charge is 0.488 e. The van der Waals surface area contributed by atoms with Crippen LogP contribution in [0.15, 0.2) is 36.7 Å². The average Bonchev–Trinajstić information content (AvgIpc) is 3.06. The summed E-state index contributed by atoms with van der Waals surface area (Å²) in [6.07, 6.45) is 5.97. The number of ether oxygens (including phenoxy) is 1. The van der Waals surface area contributed by atoms with Gasteiger partial charge in [0.15, 0.2) is 0 Å². The van der Waals surface area contributed by atoms with Crippen molar-refractivity contribution in [3.05, 3.63) is 48.0 Å². The monoisotopic (exact) mass is 271 g/mol. The number of nitrogens with zero attached hydrogens (tertiary/aromatic N) is 2. The second kappa shape index (κ2) is 5.67. The predicted octanol–water partition coefficient (Wildman–Crippen LogP) is 2.46. The highest BCUT2D eigenvalue weighted by Gasteiger charge is 2.32. The third kappa shape index (κ3) is 2.43. The van der Waals surface area contributed by atoms with Crippen LogP contribution in [0.1, 0.15) is 30.8 Å². The van der Waals surface area contributed by atoms with Crippen LogP contribution < -0.4 is 10.1 Å². The molecule has 0 radical (unpaired) electrons. The van der Waals surface area contributed by atoms with Crippen LogP contribution in [0.2, 0.25) is 0 Å². The van der Waals surface area contributed by atoms with Crippen molar-refractivity contribution in [2.24, 2.45) is 7.05 Å². The number of hydrogen-bond donors (Lipinski definition) is 1. The maximum absolute atomic E-state index is 6.13. The van der Waals surface area contributed by atoms with Crippen molar-refractivity contribution in [1.29, 1.82) is 0 Å². The number of aromatic nitrogens is 2. The smallest absolute Gasteiger partial charge is 0.129 e. The minimum Gasteiger partial charge on any atom is -0.488 e. The third-order valence-electron chi connectivity index (χ3n) is 3.79. The van der Waals surface area contributed by atoms with Gasteiger partial charge in [-0.1, -0.05) is 25.1 Å². The van der Waals surface area contributed by atoms with Crippen molar-refractivity contribution in [1.82, 2.24) is 14.9 Å². The molecule has 2 heterocycles. The number of para-hydroxylation sites is 1. The normalized spacial score (nSPS) is 18.6. The molecule has 1 aromatic heterocycles. The number of rotatable bonds is 5. The summed E-state index contributed by atoms with van der Waals surface area (Å²) in [7, 11) is 2.03. The summed E-state index contributed by atoms with van der Waals surface area (Å²) in [6, 6.07) is 8.41. The molecule has 1 aliphatic heterocycles. The second-order valence-electron chi connectivity index (χ2n) is 5.30. The number of fused-ring (bicyclic) bond motifs is 1. The summed E-state index contributed by atoms with van der Waals surface area (Å²) in [4.78, 5) is 4.50. The standard InChI is InChI=1S/C16H21N3O/c1-3-8-17-15(16-18-9-10-19(16)2)14-11-12-6-4-5-7-13(12)20-14/h4-7,9-10,14-15,17H,3,8,11H2,1-2H3. The van der Waals surface area contributed by atoms with Gasteiger partial charge in [-0.2, -0.15) is 0 Å². The second-order valence-corrected chi connectivity index (χ2v) is 5.30. The third-order valence-corrected chi connectivity index (χ3v) is 3.79. The Morgan fingerprint density at radius 3 is 3.00 bits per heavy atom. The molecule has 2 aromatic rings. The first-order valence-corrected chi connectivity index (χ1v) is 7.24. The van der Waals surface area contributed by atoms with Crippen LogP contribution in [0.4, 0.5) is 0 Å². The van der Waals surface area contributed by atoms with E-state index in [1.54, 1.807) is 0 Å². The van der Waals surface area contributed by atoms with E-state index in [4.69, 9.17) is 4.74 Å². The van der Waals surface area contributed by atoms with Crippen LogP contribution in [0.3, 0.4) is 0 Å². The van der Waals surface area contributed by atoms with Gasteiger partial charge in [0, 0.05) is 25.9 Å². The van der Waals surface area contributed by atoms with E-state index in [0.717, 1.165) is 31.0 Å². The van der Waals surface area contributed by atoms with E-state index in [-0.39, 0.29) is 12.1 Å². The summed E-state index contributed by atoms with van der Waals surface area (Å²) in [5.74, 6) is 2.05. The lowest BCUT2D eigenvalue weighted by molar-refractivity contribution is 0.172. The lowest BCUT2D eigenvalue weighted by Gasteiger charge is -2.24. The summed E-state index contributed by atoms with van der Waals surface area (Å²) in [6.45, 7) is 3.14. The maximum atomic E-state index is 6.13. The van der Waals surface area contributed by atoms with E-state index >= 15 is 0 Å². The van der Waals surface area contributed by atoms with Crippen molar-refractivity contribution in [2.75, 3.05) is 6.54 Å². The minimum absolute atomic E-state index is 0.111. The number of imidazole rings is 1. The van der Waals surface area contributed by atoms with E-state index in [0.29, 0.717) is 0 Å². The van der Waals surface area contributed by atoms with Crippen molar-refractivity contribution in [3.8, 4) is 5.75 Å². The molecular weight excluding hydrogens is 250 g/mol. The summed E-state index contributed by atoms with van der Waals surface area (Å²) < 4.78 is 8.20. The molecule has 3 rings (SSSR count). The zero-order valence-electron chi connectivity index (χ0n) is 12.0. The Balaban J connectivity index is 1.83. The lowest BCUT2D eigenvalue weighted by Crippen LogP contribution is -2.37. The zero-order chi connectivity index (χ0) is 13.9. The van der Waals surface area contributed by atoms with Crippen molar-refractivity contribution >= 4 is 0 Å². The van der Waals surface area contributed by atoms with Crippen LogP contribution in [0.5, 0.6) is 5.75 Å². The molecule has 0 spiro atoms. The summed E-state index contributed by atoms with van der Waals surface area (Å²) >= 11 is 0. The topological polar surface area (TPSA) is 39.1 Å². The molecule has 2 unspecified atom stereocenters. The first-order valence-electron chi connectivity index (χ1n) is 7.24. The summed E-state index contributed by atoms with van der Waals surface area (Å²) in [5.41, 5.74) is 1.29. The number of benzene rings is 1. The average molecular weight is 271 g/mol. The van der Waals surface area contributed by atoms with Gasteiger partial charge in [-0.25, -0.2) is 4.98 Å². The molecule has 1 aliphatic rings. The highest BCUT2D eigenvalue weighted by atomic mass is 16.5. The van der Waals surface area contributed by atoms with Gasteiger partial charge in [0.05, 0.1) is 0 Å². The number of nitrogens with one attached hydrogen (secondary N) is 1. The molecule has 0 saturated heterocycles. The van der Waals surface area contributed by atoms with Gasteiger partial charge in [0.1, 0.15) is 23.7 Å². The van der Waals surface area contributed by atoms with Gasteiger partial charge in [-0.15, -0.1) is 0 Å². The van der Waals surface area contributed by atoms with Crippen molar-refractivity contribution < 1.29 is 4.74 Å². The predicted molar refractivity (Wildman–Crippen MR) is 78.8 cm³/mol. The van der Waals surface area contributed by atoms with Gasteiger partial charge in [-0.3, -0.25) is 0 Å². The first-order chi connectivity index (χ1) is 9.79. The quantitative estimate of drug-likeness (QED) is 0.908. The Bertz CT molecular complexity index is 554. The molecule has 0 bridgehead atoms. The van der Waals surface area contributed by atoms with Crippen LogP contribution >= 0.6 is 0 Å². The molecule has 0 saturated carbocycles. The molecule has 1 aromatic carbocycles. The maximum Gasteiger partial charge on any atom is 0.129 e. The van der Waals surface area contributed by atoms with Crippen LogP contribution in [0.25, 0.3) is 0 Å². The van der Waals surface area contributed by atoms with Gasteiger partial charge in [0.25, 0.3) is 0 Å². The minimum atomic E-state index is 0.111. The van der Waals surface area contributed by atoms with E-state index in [9.17, 15) is 0 Å². The Labute approximate surface area is 119 Å². The SMILES string of the molecule is CCCNC(c1nccn1C)C1Cc2ccccc2O1. The Morgan fingerprint density at radius 1 is 1.45 bits per heavy atom. The number of hydrogen-bond acceptors (Lipinski definition) is 3. The van der Waals surface area contributed by atoms with Crippen molar-refractivity contribution in [2.45, 2.75) is 31.9 Å². The molecule has 2 atom stereocenters. The molecule has 0 aliphatic carbocycles. The Hall–Kier alpha value is -1.81. The van der Waals surface area contributed by atoms with Crippen LogP contribution in [-0.2, 0) is 13.5 Å². The van der Waals surface area contributed by atoms with Gasteiger partial charge in [-0.05, 0) is 24.6 Å². The van der Waals surface area contributed by atoms with Gasteiger partial charge < -0.3 is 14.6 Å². The van der Waals surface area contributed by atoms with Crippen molar-refractivity contribution in [3.63, 3.8) is 0 Å². The van der Waals surface area contributed by atoms with E-state index < -0.39 is 0 Å². The Morgan fingerprint density at radius 2 is 2.30 bits per heavy atom. The molecule has 4 heteroatoms. The fourth-order valence-electron chi connectivity index (χ4n) is 2.76. The molecule has 106 valence electrons. The van der Waals surface area contributed by atoms with E-state index in [2.05, 4.69) is 33.9 Å². The molecular formula is C16H21N3O. The Kier molecular flexibility index (Phi) is 3.74. The van der Waals surface area contributed by atoms with Gasteiger partial charge >= 0.3 is 0 Å². The first kappa shape index (κ1) is 13.2. The molecule has 4 nitrogen and oxygen atoms in total. The molecule has 20 heavy (non-hydrogen) atoms. The van der Waals surface area contributed by atoms with E-state index in [1.165, 1.54) is 5.56 Å². The van der Waals surface area contributed by atoms with Crippen LogP contribution in [0, 0.1) is 0 Å². The fourth-order valence-corrected chi connectivity index (χ4v) is 2.76. The molecule has 1 N–H and O–H groups in total. The van der Waals surface area contributed by atoms with Crippen LogP contribution in [-0.4, -0.2) is 22.2 Å². The highest BCUT2D eigenvalue weighted by molar-refractivity contribution is 5.38.